The molecule has 3 aromatic rings. The highest BCUT2D eigenvalue weighted by atomic mass is 79.9. The van der Waals surface area contributed by atoms with Gasteiger partial charge in [-0.25, -0.2) is 0 Å². The molecule has 0 aliphatic heterocycles. The van der Waals surface area contributed by atoms with E-state index in [2.05, 4.69) is 22.0 Å². The fourth-order valence-corrected chi connectivity index (χ4v) is 2.64. The fraction of sp³-hybridized carbons (Fsp3) is 0.0667. The Hall–Kier alpha value is -1.74. The van der Waals surface area contributed by atoms with E-state index in [4.69, 9.17) is 9.15 Å². The van der Waals surface area contributed by atoms with Crippen LogP contribution in [0.15, 0.2) is 57.6 Å². The normalized spacial score (nSPS) is 10.8. The van der Waals surface area contributed by atoms with Crippen LogP contribution < -0.4 is 4.74 Å². The summed E-state index contributed by atoms with van der Waals surface area (Å²) in [5, 5.41) is 1.09. The van der Waals surface area contributed by atoms with Gasteiger partial charge < -0.3 is 9.15 Å². The Morgan fingerprint density at radius 1 is 1.00 bits per heavy atom. The predicted octanol–water partition coefficient (Wildman–Crippen LogP) is 4.87. The molecule has 3 rings (SSSR count). The lowest BCUT2D eigenvalue weighted by Gasteiger charge is -2.08. The summed E-state index contributed by atoms with van der Waals surface area (Å²) in [6, 6.07) is 14.0. The fourth-order valence-electron chi connectivity index (χ4n) is 2.11. The number of para-hydroxylation sites is 2. The van der Waals surface area contributed by atoms with Crippen molar-refractivity contribution >= 4 is 26.9 Å². The van der Waals surface area contributed by atoms with Crippen LogP contribution in [0.1, 0.15) is 0 Å². The van der Waals surface area contributed by atoms with Crippen molar-refractivity contribution < 1.29 is 9.15 Å². The van der Waals surface area contributed by atoms with Crippen LogP contribution in [0.25, 0.3) is 22.1 Å². The first-order valence-electron chi connectivity index (χ1n) is 5.60. The van der Waals surface area contributed by atoms with Gasteiger partial charge in [0.2, 0.25) is 0 Å². The maximum Gasteiger partial charge on any atom is 0.140 e. The second-order valence-corrected chi connectivity index (χ2v) is 4.82. The second-order valence-electron chi connectivity index (χ2n) is 3.97. The van der Waals surface area contributed by atoms with Crippen LogP contribution in [0.5, 0.6) is 5.75 Å². The van der Waals surface area contributed by atoms with E-state index >= 15 is 0 Å². The highest BCUT2D eigenvalue weighted by molar-refractivity contribution is 9.10. The molecule has 2 nitrogen and oxygen atoms in total. The van der Waals surface area contributed by atoms with Crippen LogP contribution in [-0.4, -0.2) is 7.11 Å². The Morgan fingerprint density at radius 3 is 2.67 bits per heavy atom. The molecule has 1 aromatic heterocycles. The Kier molecular flexibility index (Phi) is 2.84. The summed E-state index contributed by atoms with van der Waals surface area (Å²) in [5.74, 6) is 0.823. The SMILES string of the molecule is COc1c(Br)cccc1-c1coc2ccccc12. The lowest BCUT2D eigenvalue weighted by Crippen LogP contribution is -1.88. The number of furan rings is 1. The van der Waals surface area contributed by atoms with Crippen LogP contribution in [0, 0.1) is 0 Å². The molecule has 1 heterocycles. The van der Waals surface area contributed by atoms with Crippen molar-refractivity contribution in [2.45, 2.75) is 0 Å². The molecule has 18 heavy (non-hydrogen) atoms. The van der Waals surface area contributed by atoms with Crippen LogP contribution in [0.4, 0.5) is 0 Å². The van der Waals surface area contributed by atoms with Crippen molar-refractivity contribution in [1.29, 1.82) is 0 Å². The molecule has 0 bridgehead atoms. The molecule has 0 spiro atoms. The van der Waals surface area contributed by atoms with E-state index in [0.29, 0.717) is 0 Å². The van der Waals surface area contributed by atoms with Crippen molar-refractivity contribution in [2.24, 2.45) is 0 Å². The molecular weight excluding hydrogens is 292 g/mol. The molecule has 2 aromatic carbocycles. The molecule has 0 amide bonds. The van der Waals surface area contributed by atoms with E-state index in [1.807, 2.05) is 36.4 Å². The monoisotopic (exact) mass is 302 g/mol. The third-order valence-corrected chi connectivity index (χ3v) is 3.57. The molecule has 0 saturated heterocycles. The minimum atomic E-state index is 0.823. The molecule has 0 aliphatic rings. The smallest absolute Gasteiger partial charge is 0.140 e. The first kappa shape index (κ1) is 11.4. The summed E-state index contributed by atoms with van der Waals surface area (Å²) < 4.78 is 12.0. The van der Waals surface area contributed by atoms with Crippen LogP contribution in [-0.2, 0) is 0 Å². The molecule has 0 fully saturated rings. The van der Waals surface area contributed by atoms with Gasteiger partial charge in [0, 0.05) is 16.5 Å². The molecule has 90 valence electrons. The Labute approximate surface area is 113 Å². The molecule has 0 unspecified atom stereocenters. The van der Waals surface area contributed by atoms with Gasteiger partial charge in [-0.2, -0.15) is 0 Å². The summed E-state index contributed by atoms with van der Waals surface area (Å²) in [5.41, 5.74) is 2.95. The lowest BCUT2D eigenvalue weighted by molar-refractivity contribution is 0.414. The Morgan fingerprint density at radius 2 is 1.83 bits per heavy atom. The van der Waals surface area contributed by atoms with E-state index in [9.17, 15) is 0 Å². The predicted molar refractivity (Wildman–Crippen MR) is 75.9 cm³/mol. The van der Waals surface area contributed by atoms with Crippen molar-refractivity contribution in [1.82, 2.24) is 0 Å². The molecule has 0 aliphatic carbocycles. The van der Waals surface area contributed by atoms with Crippen molar-refractivity contribution in [3.05, 3.63) is 53.2 Å². The third kappa shape index (κ3) is 1.71. The molecular formula is C15H11BrO2. The number of benzene rings is 2. The van der Waals surface area contributed by atoms with Crippen LogP contribution in [0.2, 0.25) is 0 Å². The molecule has 0 saturated carbocycles. The Balaban J connectivity index is 2.30. The minimum absolute atomic E-state index is 0.823. The second kappa shape index (κ2) is 4.50. The zero-order valence-corrected chi connectivity index (χ0v) is 11.4. The van der Waals surface area contributed by atoms with E-state index in [1.54, 1.807) is 13.4 Å². The van der Waals surface area contributed by atoms with Crippen molar-refractivity contribution in [3.63, 3.8) is 0 Å². The van der Waals surface area contributed by atoms with Gasteiger partial charge in [0.05, 0.1) is 17.8 Å². The lowest BCUT2D eigenvalue weighted by atomic mass is 10.0. The zero-order chi connectivity index (χ0) is 12.5. The minimum Gasteiger partial charge on any atom is -0.495 e. The summed E-state index contributed by atoms with van der Waals surface area (Å²) >= 11 is 3.50. The van der Waals surface area contributed by atoms with Crippen molar-refractivity contribution in [3.8, 4) is 16.9 Å². The van der Waals surface area contributed by atoms with Gasteiger partial charge in [0.25, 0.3) is 0 Å². The number of ether oxygens (including phenoxy) is 1. The third-order valence-electron chi connectivity index (χ3n) is 2.94. The molecule has 0 radical (unpaired) electrons. The van der Waals surface area contributed by atoms with E-state index in [1.165, 1.54) is 0 Å². The van der Waals surface area contributed by atoms with Gasteiger partial charge in [0.15, 0.2) is 0 Å². The number of fused-ring (bicyclic) bond motifs is 1. The first-order chi connectivity index (χ1) is 8.81. The first-order valence-corrected chi connectivity index (χ1v) is 6.39. The van der Waals surface area contributed by atoms with Gasteiger partial charge in [-0.15, -0.1) is 0 Å². The van der Waals surface area contributed by atoms with Gasteiger partial charge >= 0.3 is 0 Å². The average Bonchev–Trinajstić information content (AvgIpc) is 2.82. The number of methoxy groups -OCH3 is 1. The van der Waals surface area contributed by atoms with E-state index in [0.717, 1.165) is 32.3 Å². The average molecular weight is 303 g/mol. The van der Waals surface area contributed by atoms with E-state index < -0.39 is 0 Å². The summed E-state index contributed by atoms with van der Waals surface area (Å²) in [4.78, 5) is 0. The van der Waals surface area contributed by atoms with E-state index in [-0.39, 0.29) is 0 Å². The quantitative estimate of drug-likeness (QED) is 0.674. The Bertz CT molecular complexity index is 701. The van der Waals surface area contributed by atoms with Gasteiger partial charge in [-0.1, -0.05) is 30.3 Å². The largest absolute Gasteiger partial charge is 0.495 e. The summed E-state index contributed by atoms with van der Waals surface area (Å²) in [7, 11) is 1.67. The maximum atomic E-state index is 5.57. The standard InChI is InChI=1S/C15H11BrO2/c1-17-15-11(6-4-7-13(15)16)12-9-18-14-8-3-2-5-10(12)14/h2-9H,1H3. The van der Waals surface area contributed by atoms with Gasteiger partial charge in [0.1, 0.15) is 11.3 Å². The number of hydrogen-bond donors (Lipinski definition) is 0. The van der Waals surface area contributed by atoms with Gasteiger partial charge in [-0.3, -0.25) is 0 Å². The topological polar surface area (TPSA) is 22.4 Å². The highest BCUT2D eigenvalue weighted by Gasteiger charge is 2.13. The molecule has 0 atom stereocenters. The van der Waals surface area contributed by atoms with Crippen LogP contribution in [0.3, 0.4) is 0 Å². The van der Waals surface area contributed by atoms with Crippen LogP contribution >= 0.6 is 15.9 Å². The maximum absolute atomic E-state index is 5.57. The zero-order valence-electron chi connectivity index (χ0n) is 9.81. The number of halogens is 1. The summed E-state index contributed by atoms with van der Waals surface area (Å²) in [6.07, 6.45) is 1.77. The van der Waals surface area contributed by atoms with Crippen molar-refractivity contribution in [2.75, 3.05) is 7.11 Å². The van der Waals surface area contributed by atoms with Gasteiger partial charge in [-0.05, 0) is 28.1 Å². The highest BCUT2D eigenvalue weighted by Crippen LogP contribution is 2.39. The number of rotatable bonds is 2. The number of hydrogen-bond acceptors (Lipinski definition) is 2. The molecule has 3 heteroatoms. The molecule has 0 N–H and O–H groups in total. The summed E-state index contributed by atoms with van der Waals surface area (Å²) in [6.45, 7) is 0.